The smallest absolute Gasteiger partial charge is 0.335 e. The first-order valence-corrected chi connectivity index (χ1v) is 6.26. The number of aromatic carboxylic acids is 1. The van der Waals surface area contributed by atoms with E-state index < -0.39 is 5.97 Å². The quantitative estimate of drug-likeness (QED) is 0.914. The third kappa shape index (κ3) is 3.65. The minimum Gasteiger partial charge on any atom is -0.497 e. The van der Waals surface area contributed by atoms with Gasteiger partial charge in [-0.25, -0.2) is 4.79 Å². The van der Waals surface area contributed by atoms with Crippen LogP contribution < -0.4 is 9.47 Å². The van der Waals surface area contributed by atoms with Crippen LogP contribution in [-0.4, -0.2) is 18.2 Å². The van der Waals surface area contributed by atoms with Gasteiger partial charge in [0.1, 0.15) is 18.1 Å². The van der Waals surface area contributed by atoms with E-state index in [4.69, 9.17) is 26.2 Å². The fourth-order valence-electron chi connectivity index (χ4n) is 1.64. The lowest BCUT2D eigenvalue weighted by atomic mass is 10.2. The molecule has 0 radical (unpaired) electrons. The topological polar surface area (TPSA) is 55.8 Å². The predicted molar refractivity (Wildman–Crippen MR) is 75.7 cm³/mol. The predicted octanol–water partition coefficient (Wildman–Crippen LogP) is 3.63. The highest BCUT2D eigenvalue weighted by Gasteiger charge is 2.08. The maximum absolute atomic E-state index is 11.0. The lowest BCUT2D eigenvalue weighted by Crippen LogP contribution is -2.00. The molecule has 2 rings (SSSR count). The number of benzene rings is 2. The number of carbonyl (C=O) groups is 1. The summed E-state index contributed by atoms with van der Waals surface area (Å²) in [4.78, 5) is 11.0. The van der Waals surface area contributed by atoms with Gasteiger partial charge < -0.3 is 14.6 Å². The van der Waals surface area contributed by atoms with Crippen molar-refractivity contribution in [1.82, 2.24) is 0 Å². The number of halogens is 1. The van der Waals surface area contributed by atoms with Crippen molar-refractivity contribution in [2.75, 3.05) is 7.11 Å². The van der Waals surface area contributed by atoms with Crippen LogP contribution in [0.4, 0.5) is 0 Å². The Morgan fingerprint density at radius 1 is 1.15 bits per heavy atom. The van der Waals surface area contributed by atoms with Crippen LogP contribution in [0.3, 0.4) is 0 Å². The molecule has 0 heterocycles. The Kier molecular flexibility index (Phi) is 4.48. The van der Waals surface area contributed by atoms with E-state index in [0.29, 0.717) is 23.1 Å². The van der Waals surface area contributed by atoms with E-state index >= 15 is 0 Å². The molecule has 0 aliphatic rings. The van der Waals surface area contributed by atoms with Crippen LogP contribution in [0.5, 0.6) is 11.5 Å². The van der Waals surface area contributed by atoms with Gasteiger partial charge in [-0.2, -0.15) is 0 Å². The SMILES string of the molecule is COc1cc(OCc2ccc(Cl)cc2)cc(C(=O)O)c1. The van der Waals surface area contributed by atoms with Gasteiger partial charge in [0.2, 0.25) is 0 Å². The van der Waals surface area contributed by atoms with Crippen molar-refractivity contribution in [3.63, 3.8) is 0 Å². The summed E-state index contributed by atoms with van der Waals surface area (Å²) in [5, 5.41) is 9.68. The van der Waals surface area contributed by atoms with Crippen LogP contribution in [-0.2, 0) is 6.61 Å². The zero-order chi connectivity index (χ0) is 14.5. The third-order valence-electron chi connectivity index (χ3n) is 2.68. The molecular formula is C15H13ClO4. The molecule has 0 fully saturated rings. The van der Waals surface area contributed by atoms with Crippen LogP contribution in [0.25, 0.3) is 0 Å². The highest BCUT2D eigenvalue weighted by molar-refractivity contribution is 6.30. The van der Waals surface area contributed by atoms with E-state index in [2.05, 4.69) is 0 Å². The Bertz CT molecular complexity index is 608. The molecule has 0 atom stereocenters. The average molecular weight is 293 g/mol. The van der Waals surface area contributed by atoms with Crippen molar-refractivity contribution in [1.29, 1.82) is 0 Å². The summed E-state index contributed by atoms with van der Waals surface area (Å²) < 4.78 is 10.6. The molecule has 1 N–H and O–H groups in total. The minimum absolute atomic E-state index is 0.121. The number of rotatable bonds is 5. The average Bonchev–Trinajstić information content (AvgIpc) is 2.46. The molecule has 2 aromatic carbocycles. The Morgan fingerprint density at radius 3 is 2.40 bits per heavy atom. The zero-order valence-corrected chi connectivity index (χ0v) is 11.6. The normalized spacial score (nSPS) is 10.1. The van der Waals surface area contributed by atoms with E-state index in [1.165, 1.54) is 19.2 Å². The number of hydrogen-bond donors (Lipinski definition) is 1. The van der Waals surface area contributed by atoms with Gasteiger partial charge in [-0.3, -0.25) is 0 Å². The molecule has 20 heavy (non-hydrogen) atoms. The van der Waals surface area contributed by atoms with E-state index in [1.807, 2.05) is 12.1 Å². The second-order valence-corrected chi connectivity index (χ2v) is 4.55. The van der Waals surface area contributed by atoms with Crippen LogP contribution in [0.1, 0.15) is 15.9 Å². The van der Waals surface area contributed by atoms with Gasteiger partial charge >= 0.3 is 5.97 Å². The fraction of sp³-hybridized carbons (Fsp3) is 0.133. The van der Waals surface area contributed by atoms with Crippen molar-refractivity contribution < 1.29 is 19.4 Å². The minimum atomic E-state index is -1.03. The number of methoxy groups -OCH3 is 1. The zero-order valence-electron chi connectivity index (χ0n) is 10.8. The molecule has 0 amide bonds. The van der Waals surface area contributed by atoms with E-state index in [1.54, 1.807) is 18.2 Å². The monoisotopic (exact) mass is 292 g/mol. The molecule has 0 aromatic heterocycles. The lowest BCUT2D eigenvalue weighted by molar-refractivity contribution is 0.0696. The highest BCUT2D eigenvalue weighted by atomic mass is 35.5. The summed E-state index contributed by atoms with van der Waals surface area (Å²) in [6, 6.07) is 11.8. The number of carboxylic acids is 1. The Labute approximate surface area is 121 Å². The molecule has 2 aromatic rings. The first kappa shape index (κ1) is 14.2. The van der Waals surface area contributed by atoms with Crippen LogP contribution in [0, 0.1) is 0 Å². The van der Waals surface area contributed by atoms with E-state index in [0.717, 1.165) is 5.56 Å². The Balaban J connectivity index is 2.14. The second-order valence-electron chi connectivity index (χ2n) is 4.12. The Hall–Kier alpha value is -2.20. The maximum Gasteiger partial charge on any atom is 0.335 e. The van der Waals surface area contributed by atoms with Crippen LogP contribution in [0.2, 0.25) is 5.02 Å². The molecular weight excluding hydrogens is 280 g/mol. The van der Waals surface area contributed by atoms with Crippen molar-refractivity contribution in [2.45, 2.75) is 6.61 Å². The van der Waals surface area contributed by atoms with Crippen molar-refractivity contribution in [3.8, 4) is 11.5 Å². The number of hydrogen-bond acceptors (Lipinski definition) is 3. The van der Waals surface area contributed by atoms with Gasteiger partial charge in [0.15, 0.2) is 0 Å². The molecule has 4 nitrogen and oxygen atoms in total. The summed E-state index contributed by atoms with van der Waals surface area (Å²) in [5.74, 6) is -0.145. The lowest BCUT2D eigenvalue weighted by Gasteiger charge is -2.09. The van der Waals surface area contributed by atoms with Crippen molar-refractivity contribution in [2.24, 2.45) is 0 Å². The first-order chi connectivity index (χ1) is 9.58. The molecule has 0 unspecified atom stereocenters. The van der Waals surface area contributed by atoms with Crippen molar-refractivity contribution >= 4 is 17.6 Å². The largest absolute Gasteiger partial charge is 0.497 e. The summed E-state index contributed by atoms with van der Waals surface area (Å²) in [7, 11) is 1.48. The maximum atomic E-state index is 11.0. The molecule has 0 aliphatic heterocycles. The Morgan fingerprint density at radius 2 is 1.80 bits per heavy atom. The summed E-state index contributed by atoms with van der Waals surface area (Å²) >= 11 is 5.80. The summed E-state index contributed by atoms with van der Waals surface area (Å²) in [6.45, 7) is 0.323. The van der Waals surface area contributed by atoms with Gasteiger partial charge in [-0.15, -0.1) is 0 Å². The summed E-state index contributed by atoms with van der Waals surface area (Å²) in [5.41, 5.74) is 1.06. The highest BCUT2D eigenvalue weighted by Crippen LogP contribution is 2.23. The standard InChI is InChI=1S/C15H13ClO4/c1-19-13-6-11(15(17)18)7-14(8-13)20-9-10-2-4-12(16)5-3-10/h2-8H,9H2,1H3,(H,17,18). The molecule has 0 aliphatic carbocycles. The molecule has 0 spiro atoms. The fourth-order valence-corrected chi connectivity index (χ4v) is 1.77. The molecule has 0 saturated heterocycles. The second kappa shape index (κ2) is 6.30. The van der Waals surface area contributed by atoms with Gasteiger partial charge in [-0.05, 0) is 29.8 Å². The van der Waals surface area contributed by atoms with Gasteiger partial charge in [0.25, 0.3) is 0 Å². The molecule has 5 heteroatoms. The molecule has 104 valence electrons. The van der Waals surface area contributed by atoms with E-state index in [-0.39, 0.29) is 5.56 Å². The first-order valence-electron chi connectivity index (χ1n) is 5.88. The van der Waals surface area contributed by atoms with E-state index in [9.17, 15) is 4.79 Å². The van der Waals surface area contributed by atoms with Crippen LogP contribution >= 0.6 is 11.6 Å². The number of carboxylic acid groups (broad SMARTS) is 1. The molecule has 0 bridgehead atoms. The van der Waals surface area contributed by atoms with Crippen molar-refractivity contribution in [3.05, 3.63) is 58.6 Å². The van der Waals surface area contributed by atoms with Crippen LogP contribution in [0.15, 0.2) is 42.5 Å². The summed E-state index contributed by atoms with van der Waals surface area (Å²) in [6.07, 6.45) is 0. The van der Waals surface area contributed by atoms with Gasteiger partial charge in [-0.1, -0.05) is 23.7 Å². The number of ether oxygens (including phenoxy) is 2. The third-order valence-corrected chi connectivity index (χ3v) is 2.93. The van der Waals surface area contributed by atoms with Gasteiger partial charge in [0, 0.05) is 11.1 Å². The molecule has 0 saturated carbocycles. The van der Waals surface area contributed by atoms with Gasteiger partial charge in [0.05, 0.1) is 12.7 Å².